The molecule has 1 saturated heterocycles. The Labute approximate surface area is 135 Å². The topological polar surface area (TPSA) is 32.7 Å². The second-order valence-corrected chi connectivity index (χ2v) is 6.82. The molecule has 0 radical (unpaired) electrons. The lowest BCUT2D eigenvalue weighted by molar-refractivity contribution is 0.0534. The number of aliphatic hydroxyl groups is 1. The fraction of sp³-hybridized carbons (Fsp3) is 0.684. The van der Waals surface area contributed by atoms with Crippen molar-refractivity contribution in [3.05, 3.63) is 29.8 Å². The second kappa shape index (κ2) is 8.54. The molecule has 22 heavy (non-hydrogen) atoms. The standard InChI is InChI=1S/C19H31NO2/c1-4-16(3)18-9-5-6-10-19(18)22-14-17(21)13-20-11-7-8-15(2)12-20/h5-6,9-10,15-17,21H,4,7-8,11-14H2,1-3H3. The first-order chi connectivity index (χ1) is 10.6. The number of aliphatic hydroxyl groups excluding tert-OH is 1. The third kappa shape index (κ3) is 4.99. The van der Waals surface area contributed by atoms with Gasteiger partial charge in [-0.05, 0) is 49.3 Å². The average molecular weight is 305 g/mol. The van der Waals surface area contributed by atoms with Gasteiger partial charge in [-0.15, -0.1) is 0 Å². The van der Waals surface area contributed by atoms with Crippen molar-refractivity contribution in [2.75, 3.05) is 26.2 Å². The summed E-state index contributed by atoms with van der Waals surface area (Å²) < 4.78 is 5.91. The van der Waals surface area contributed by atoms with E-state index in [-0.39, 0.29) is 0 Å². The molecule has 3 nitrogen and oxygen atoms in total. The Morgan fingerprint density at radius 2 is 2.14 bits per heavy atom. The quantitative estimate of drug-likeness (QED) is 0.834. The molecule has 3 atom stereocenters. The molecule has 124 valence electrons. The SMILES string of the molecule is CCC(C)c1ccccc1OCC(O)CN1CCCC(C)C1. The van der Waals surface area contributed by atoms with Gasteiger partial charge in [-0.1, -0.05) is 39.0 Å². The van der Waals surface area contributed by atoms with Crippen molar-refractivity contribution in [3.8, 4) is 5.75 Å². The highest BCUT2D eigenvalue weighted by Crippen LogP contribution is 2.28. The zero-order valence-electron chi connectivity index (χ0n) is 14.3. The predicted octanol–water partition coefficient (Wildman–Crippen LogP) is 3.67. The van der Waals surface area contributed by atoms with Gasteiger partial charge in [0.15, 0.2) is 0 Å². The van der Waals surface area contributed by atoms with E-state index in [1.807, 2.05) is 12.1 Å². The summed E-state index contributed by atoms with van der Waals surface area (Å²) in [4.78, 5) is 2.36. The Morgan fingerprint density at radius 3 is 2.86 bits per heavy atom. The Bertz CT molecular complexity index is 449. The lowest BCUT2D eigenvalue weighted by Crippen LogP contribution is -2.41. The predicted molar refractivity (Wildman–Crippen MR) is 91.5 cm³/mol. The number of ether oxygens (including phenoxy) is 1. The third-order valence-corrected chi connectivity index (χ3v) is 4.70. The number of piperidine rings is 1. The summed E-state index contributed by atoms with van der Waals surface area (Å²) in [5, 5.41) is 10.3. The van der Waals surface area contributed by atoms with E-state index >= 15 is 0 Å². The number of para-hydroxylation sites is 1. The second-order valence-electron chi connectivity index (χ2n) is 6.82. The maximum atomic E-state index is 10.3. The van der Waals surface area contributed by atoms with Crippen molar-refractivity contribution < 1.29 is 9.84 Å². The first-order valence-electron chi connectivity index (χ1n) is 8.72. The molecule has 2 rings (SSSR count). The number of rotatable bonds is 7. The van der Waals surface area contributed by atoms with Gasteiger partial charge in [0.1, 0.15) is 18.5 Å². The van der Waals surface area contributed by atoms with Gasteiger partial charge >= 0.3 is 0 Å². The van der Waals surface area contributed by atoms with E-state index in [0.29, 0.717) is 12.5 Å². The molecule has 1 fully saturated rings. The Kier molecular flexibility index (Phi) is 6.71. The molecule has 0 aliphatic carbocycles. The van der Waals surface area contributed by atoms with E-state index in [1.54, 1.807) is 0 Å². The van der Waals surface area contributed by atoms with Crippen LogP contribution in [-0.4, -0.2) is 42.4 Å². The van der Waals surface area contributed by atoms with Gasteiger partial charge in [0, 0.05) is 13.1 Å². The lowest BCUT2D eigenvalue weighted by Gasteiger charge is -2.32. The number of β-amino-alcohol motifs (C(OH)–C–C–N with tert-alkyl or cyclic N) is 1. The van der Waals surface area contributed by atoms with Crippen molar-refractivity contribution in [1.82, 2.24) is 4.90 Å². The van der Waals surface area contributed by atoms with E-state index in [4.69, 9.17) is 4.74 Å². The Balaban J connectivity index is 1.84. The van der Waals surface area contributed by atoms with Gasteiger partial charge in [-0.3, -0.25) is 0 Å². The van der Waals surface area contributed by atoms with E-state index in [2.05, 4.69) is 37.8 Å². The number of nitrogens with zero attached hydrogens (tertiary/aromatic N) is 1. The molecular formula is C19H31NO2. The van der Waals surface area contributed by atoms with E-state index < -0.39 is 6.10 Å². The van der Waals surface area contributed by atoms with Gasteiger partial charge in [-0.25, -0.2) is 0 Å². The summed E-state index contributed by atoms with van der Waals surface area (Å²) in [6.07, 6.45) is 3.22. The first kappa shape index (κ1) is 17.3. The van der Waals surface area contributed by atoms with Crippen LogP contribution >= 0.6 is 0 Å². The van der Waals surface area contributed by atoms with Crippen molar-refractivity contribution in [3.63, 3.8) is 0 Å². The number of hydrogen-bond acceptors (Lipinski definition) is 3. The molecule has 1 aliphatic heterocycles. The summed E-state index contributed by atoms with van der Waals surface area (Å²) in [5.74, 6) is 2.15. The Morgan fingerprint density at radius 1 is 1.36 bits per heavy atom. The van der Waals surface area contributed by atoms with Crippen LogP contribution in [0.2, 0.25) is 0 Å². The van der Waals surface area contributed by atoms with Crippen molar-refractivity contribution in [1.29, 1.82) is 0 Å². The van der Waals surface area contributed by atoms with Crippen LogP contribution in [0.25, 0.3) is 0 Å². The van der Waals surface area contributed by atoms with Crippen LogP contribution in [-0.2, 0) is 0 Å². The Hall–Kier alpha value is -1.06. The average Bonchev–Trinajstić information content (AvgIpc) is 2.52. The molecule has 3 unspecified atom stereocenters. The van der Waals surface area contributed by atoms with Gasteiger partial charge in [0.25, 0.3) is 0 Å². The zero-order chi connectivity index (χ0) is 15.9. The van der Waals surface area contributed by atoms with Crippen LogP contribution in [0.1, 0.15) is 51.5 Å². The van der Waals surface area contributed by atoms with Crippen molar-refractivity contribution in [2.45, 2.75) is 52.1 Å². The lowest BCUT2D eigenvalue weighted by atomic mass is 9.98. The van der Waals surface area contributed by atoms with Crippen LogP contribution in [0, 0.1) is 5.92 Å². The van der Waals surface area contributed by atoms with E-state index in [1.165, 1.54) is 18.4 Å². The maximum Gasteiger partial charge on any atom is 0.122 e. The third-order valence-electron chi connectivity index (χ3n) is 4.70. The van der Waals surface area contributed by atoms with Gasteiger partial charge in [-0.2, -0.15) is 0 Å². The molecule has 1 N–H and O–H groups in total. The molecule has 1 aliphatic rings. The van der Waals surface area contributed by atoms with Crippen LogP contribution in [0.3, 0.4) is 0 Å². The highest BCUT2D eigenvalue weighted by molar-refractivity contribution is 5.35. The summed E-state index contributed by atoms with van der Waals surface area (Å²) >= 11 is 0. The smallest absolute Gasteiger partial charge is 0.122 e. The zero-order valence-corrected chi connectivity index (χ0v) is 14.3. The summed E-state index contributed by atoms with van der Waals surface area (Å²) in [5.41, 5.74) is 1.24. The van der Waals surface area contributed by atoms with E-state index in [0.717, 1.165) is 37.7 Å². The van der Waals surface area contributed by atoms with Crippen molar-refractivity contribution >= 4 is 0 Å². The highest BCUT2D eigenvalue weighted by atomic mass is 16.5. The minimum atomic E-state index is -0.421. The van der Waals surface area contributed by atoms with Crippen molar-refractivity contribution in [2.24, 2.45) is 5.92 Å². The summed E-state index contributed by atoms with van der Waals surface area (Å²) in [7, 11) is 0. The minimum Gasteiger partial charge on any atom is -0.491 e. The molecular weight excluding hydrogens is 274 g/mol. The van der Waals surface area contributed by atoms with Crippen LogP contribution in [0.5, 0.6) is 5.75 Å². The van der Waals surface area contributed by atoms with Crippen LogP contribution in [0.15, 0.2) is 24.3 Å². The molecule has 1 heterocycles. The first-order valence-corrected chi connectivity index (χ1v) is 8.72. The molecule has 0 spiro atoms. The summed E-state index contributed by atoms with van der Waals surface area (Å²) in [6.45, 7) is 9.98. The van der Waals surface area contributed by atoms with Gasteiger partial charge in [0.2, 0.25) is 0 Å². The molecule has 0 amide bonds. The van der Waals surface area contributed by atoms with E-state index in [9.17, 15) is 5.11 Å². The number of hydrogen-bond donors (Lipinski definition) is 1. The molecule has 0 bridgehead atoms. The fourth-order valence-corrected chi connectivity index (χ4v) is 3.23. The monoisotopic (exact) mass is 305 g/mol. The van der Waals surface area contributed by atoms with Gasteiger partial charge in [0.05, 0.1) is 0 Å². The van der Waals surface area contributed by atoms with Crippen LogP contribution in [0.4, 0.5) is 0 Å². The van der Waals surface area contributed by atoms with Crippen LogP contribution < -0.4 is 4.74 Å². The maximum absolute atomic E-state index is 10.3. The molecule has 1 aromatic rings. The molecule has 0 aromatic heterocycles. The number of likely N-dealkylation sites (tertiary alicyclic amines) is 1. The fourth-order valence-electron chi connectivity index (χ4n) is 3.23. The molecule has 1 aromatic carbocycles. The van der Waals surface area contributed by atoms with Gasteiger partial charge < -0.3 is 14.7 Å². The normalized spacial score (nSPS) is 22.3. The highest BCUT2D eigenvalue weighted by Gasteiger charge is 2.19. The summed E-state index contributed by atoms with van der Waals surface area (Å²) in [6, 6.07) is 8.19. The largest absolute Gasteiger partial charge is 0.491 e. The minimum absolute atomic E-state index is 0.373. The number of benzene rings is 1. The molecule has 0 saturated carbocycles. The molecule has 3 heteroatoms.